The summed E-state index contributed by atoms with van der Waals surface area (Å²) < 4.78 is 32.4. The number of amides is 1. The standard InChI is InChI=1S/C20H24N2O5S3/c1-2-21(14-16-6-4-3-5-7-16)18(23)15-27-20(24)19-17(8-11-29-19)30(25,26)22-9-12-28-13-10-22/h3-8,11H,2,9-10,12-15H2,1H3. The summed E-state index contributed by atoms with van der Waals surface area (Å²) in [5, 5.41) is 1.55. The molecule has 30 heavy (non-hydrogen) atoms. The zero-order valence-corrected chi connectivity index (χ0v) is 19.1. The van der Waals surface area contributed by atoms with Gasteiger partial charge in [-0.3, -0.25) is 4.79 Å². The number of rotatable bonds is 8. The largest absolute Gasteiger partial charge is 0.451 e. The summed E-state index contributed by atoms with van der Waals surface area (Å²) in [4.78, 5) is 26.6. The van der Waals surface area contributed by atoms with E-state index < -0.39 is 22.6 Å². The van der Waals surface area contributed by atoms with Gasteiger partial charge in [0, 0.05) is 37.7 Å². The van der Waals surface area contributed by atoms with Crippen LogP contribution < -0.4 is 0 Å². The molecule has 0 aliphatic carbocycles. The lowest BCUT2D eigenvalue weighted by molar-refractivity contribution is -0.134. The second-order valence-corrected chi connectivity index (χ2v) is 10.6. The Morgan fingerprint density at radius 2 is 1.83 bits per heavy atom. The maximum atomic E-state index is 12.9. The van der Waals surface area contributed by atoms with Crippen LogP contribution in [0.25, 0.3) is 0 Å². The number of thioether (sulfide) groups is 1. The van der Waals surface area contributed by atoms with Gasteiger partial charge >= 0.3 is 5.97 Å². The Labute approximate surface area is 185 Å². The van der Waals surface area contributed by atoms with Crippen LogP contribution in [-0.4, -0.2) is 67.2 Å². The monoisotopic (exact) mass is 468 g/mol. The molecule has 1 aliphatic heterocycles. The Bertz CT molecular complexity index is 969. The van der Waals surface area contributed by atoms with Crippen LogP contribution >= 0.6 is 23.1 Å². The Hall–Kier alpha value is -1.88. The Balaban J connectivity index is 1.64. The molecule has 0 bridgehead atoms. The number of nitrogens with zero attached hydrogens (tertiary/aromatic N) is 2. The van der Waals surface area contributed by atoms with Gasteiger partial charge in [-0.1, -0.05) is 30.3 Å². The molecule has 2 aromatic rings. The van der Waals surface area contributed by atoms with Gasteiger partial charge in [-0.15, -0.1) is 11.3 Å². The number of hydrogen-bond acceptors (Lipinski definition) is 7. The number of benzene rings is 1. The molecular formula is C20H24N2O5S3. The highest BCUT2D eigenvalue weighted by Crippen LogP contribution is 2.27. The highest BCUT2D eigenvalue weighted by atomic mass is 32.2. The molecule has 0 spiro atoms. The van der Waals surface area contributed by atoms with Crippen LogP contribution in [0.2, 0.25) is 0 Å². The first-order chi connectivity index (χ1) is 14.4. The molecule has 0 atom stereocenters. The van der Waals surface area contributed by atoms with Gasteiger partial charge < -0.3 is 9.64 Å². The lowest BCUT2D eigenvalue weighted by Crippen LogP contribution is -2.38. The number of hydrogen-bond donors (Lipinski definition) is 0. The van der Waals surface area contributed by atoms with Crippen molar-refractivity contribution in [3.05, 3.63) is 52.2 Å². The molecule has 0 saturated carbocycles. The number of thiophene rings is 1. The van der Waals surface area contributed by atoms with Crippen LogP contribution in [0.5, 0.6) is 0 Å². The highest BCUT2D eigenvalue weighted by molar-refractivity contribution is 7.99. The van der Waals surface area contributed by atoms with Gasteiger partial charge in [0.1, 0.15) is 9.77 Å². The minimum absolute atomic E-state index is 0.00661. The summed E-state index contributed by atoms with van der Waals surface area (Å²) in [6.45, 7) is 3.14. The van der Waals surface area contributed by atoms with E-state index in [1.807, 2.05) is 37.3 Å². The average Bonchev–Trinajstić information content (AvgIpc) is 3.28. The van der Waals surface area contributed by atoms with E-state index in [2.05, 4.69) is 0 Å². The zero-order chi connectivity index (χ0) is 21.6. The van der Waals surface area contributed by atoms with Gasteiger partial charge in [0.15, 0.2) is 6.61 Å². The zero-order valence-electron chi connectivity index (χ0n) is 16.7. The van der Waals surface area contributed by atoms with Crippen LogP contribution in [0.15, 0.2) is 46.7 Å². The molecule has 10 heteroatoms. The van der Waals surface area contributed by atoms with E-state index in [0.717, 1.165) is 28.4 Å². The fourth-order valence-corrected chi connectivity index (χ4v) is 6.90. The number of carbonyl (C=O) groups is 2. The predicted octanol–water partition coefficient (Wildman–Crippen LogP) is 2.69. The van der Waals surface area contributed by atoms with Crippen molar-refractivity contribution < 1.29 is 22.7 Å². The SMILES string of the molecule is CCN(Cc1ccccc1)C(=O)COC(=O)c1sccc1S(=O)(=O)N1CCSCC1. The molecule has 0 N–H and O–H groups in total. The van der Waals surface area contributed by atoms with Crippen molar-refractivity contribution in [1.29, 1.82) is 0 Å². The number of ether oxygens (including phenoxy) is 1. The van der Waals surface area contributed by atoms with E-state index in [9.17, 15) is 18.0 Å². The average molecular weight is 469 g/mol. The van der Waals surface area contributed by atoms with Crippen LogP contribution in [0.4, 0.5) is 0 Å². The van der Waals surface area contributed by atoms with E-state index >= 15 is 0 Å². The van der Waals surface area contributed by atoms with E-state index in [4.69, 9.17) is 4.74 Å². The molecular weight excluding hydrogens is 444 g/mol. The summed E-state index contributed by atoms with van der Waals surface area (Å²) in [6.07, 6.45) is 0. The Morgan fingerprint density at radius 1 is 1.13 bits per heavy atom. The Morgan fingerprint density at radius 3 is 2.50 bits per heavy atom. The topological polar surface area (TPSA) is 84.0 Å². The molecule has 1 aliphatic rings. The first-order valence-electron chi connectivity index (χ1n) is 9.57. The molecule has 1 amide bonds. The van der Waals surface area contributed by atoms with Gasteiger partial charge in [0.25, 0.3) is 5.91 Å². The minimum Gasteiger partial charge on any atom is -0.451 e. The van der Waals surface area contributed by atoms with E-state index in [-0.39, 0.29) is 15.7 Å². The maximum Gasteiger partial charge on any atom is 0.350 e. The van der Waals surface area contributed by atoms with Gasteiger partial charge in [0.2, 0.25) is 10.0 Å². The van der Waals surface area contributed by atoms with Crippen molar-refractivity contribution in [2.75, 3.05) is 37.7 Å². The number of carbonyl (C=O) groups excluding carboxylic acids is 2. The smallest absolute Gasteiger partial charge is 0.350 e. The minimum atomic E-state index is -3.76. The van der Waals surface area contributed by atoms with Crippen LogP contribution in [0.3, 0.4) is 0 Å². The fourth-order valence-electron chi connectivity index (χ4n) is 3.04. The van der Waals surface area contributed by atoms with Crippen molar-refractivity contribution in [3.63, 3.8) is 0 Å². The number of sulfonamides is 1. The number of esters is 1. The molecule has 3 rings (SSSR count). The molecule has 2 heterocycles. The maximum absolute atomic E-state index is 12.9. The van der Waals surface area contributed by atoms with Gasteiger partial charge in [0.05, 0.1) is 0 Å². The third-order valence-electron chi connectivity index (χ3n) is 4.68. The summed E-state index contributed by atoms with van der Waals surface area (Å²) in [7, 11) is -3.76. The molecule has 1 aromatic heterocycles. The van der Waals surface area contributed by atoms with Crippen molar-refractivity contribution in [2.45, 2.75) is 18.4 Å². The lowest BCUT2D eigenvalue weighted by atomic mass is 10.2. The molecule has 1 saturated heterocycles. The molecule has 1 aromatic carbocycles. The molecule has 0 unspecified atom stereocenters. The van der Waals surface area contributed by atoms with Crippen LogP contribution in [0.1, 0.15) is 22.2 Å². The van der Waals surface area contributed by atoms with Crippen molar-refractivity contribution in [3.8, 4) is 0 Å². The van der Waals surface area contributed by atoms with Gasteiger partial charge in [-0.2, -0.15) is 16.1 Å². The second-order valence-electron chi connectivity index (χ2n) is 6.60. The summed E-state index contributed by atoms with van der Waals surface area (Å²) >= 11 is 2.71. The first-order valence-corrected chi connectivity index (χ1v) is 13.0. The van der Waals surface area contributed by atoms with Crippen LogP contribution in [-0.2, 0) is 26.1 Å². The van der Waals surface area contributed by atoms with Gasteiger partial charge in [-0.25, -0.2) is 13.2 Å². The predicted molar refractivity (Wildman–Crippen MR) is 118 cm³/mol. The summed E-state index contributed by atoms with van der Waals surface area (Å²) in [6, 6.07) is 11.0. The highest BCUT2D eigenvalue weighted by Gasteiger charge is 2.32. The van der Waals surface area contributed by atoms with E-state index in [1.54, 1.807) is 22.0 Å². The van der Waals surface area contributed by atoms with Gasteiger partial charge in [-0.05, 0) is 23.9 Å². The normalized spacial score (nSPS) is 15.0. The van der Waals surface area contributed by atoms with E-state index in [1.165, 1.54) is 10.4 Å². The van der Waals surface area contributed by atoms with Crippen molar-refractivity contribution >= 4 is 45.0 Å². The van der Waals surface area contributed by atoms with Crippen LogP contribution in [0, 0.1) is 0 Å². The molecule has 0 radical (unpaired) electrons. The number of likely N-dealkylation sites (N-methyl/N-ethyl adjacent to an activating group) is 1. The second kappa shape index (κ2) is 10.4. The molecule has 1 fully saturated rings. The first kappa shape index (κ1) is 22.8. The van der Waals surface area contributed by atoms with E-state index in [0.29, 0.717) is 26.2 Å². The fraction of sp³-hybridized carbons (Fsp3) is 0.400. The summed E-state index contributed by atoms with van der Waals surface area (Å²) in [5.74, 6) is 0.334. The van der Waals surface area contributed by atoms with Crippen molar-refractivity contribution in [2.24, 2.45) is 0 Å². The molecule has 7 nitrogen and oxygen atoms in total. The van der Waals surface area contributed by atoms with Crippen molar-refractivity contribution in [1.82, 2.24) is 9.21 Å². The quantitative estimate of drug-likeness (QED) is 0.554. The Kier molecular flexibility index (Phi) is 7.93. The third kappa shape index (κ3) is 5.42. The summed E-state index contributed by atoms with van der Waals surface area (Å²) in [5.41, 5.74) is 0.977. The molecule has 162 valence electrons. The lowest BCUT2D eigenvalue weighted by Gasteiger charge is -2.25. The third-order valence-corrected chi connectivity index (χ3v) is 8.59.